The molecule has 5 heteroatoms. The van der Waals surface area contributed by atoms with Crippen LogP contribution in [0.2, 0.25) is 0 Å². The van der Waals surface area contributed by atoms with E-state index in [-0.39, 0.29) is 12.0 Å². The monoisotopic (exact) mass is 369 g/mol. The molecule has 0 bridgehead atoms. The van der Waals surface area contributed by atoms with E-state index in [0.29, 0.717) is 26.0 Å². The van der Waals surface area contributed by atoms with Crippen molar-refractivity contribution in [3.05, 3.63) is 53.1 Å². The fourth-order valence-electron chi connectivity index (χ4n) is 3.24. The Hall–Kier alpha value is -2.69. The van der Waals surface area contributed by atoms with E-state index in [0.717, 1.165) is 34.8 Å². The number of fused-ring (bicyclic) bond motifs is 1. The lowest BCUT2D eigenvalue weighted by atomic mass is 10.1. The van der Waals surface area contributed by atoms with Gasteiger partial charge in [0, 0.05) is 30.5 Å². The molecule has 27 heavy (non-hydrogen) atoms. The molecule has 2 aromatic rings. The Morgan fingerprint density at radius 2 is 2.04 bits per heavy atom. The molecule has 0 radical (unpaired) electrons. The Morgan fingerprint density at radius 1 is 1.26 bits per heavy atom. The van der Waals surface area contributed by atoms with Crippen LogP contribution in [0.25, 0.3) is 0 Å². The predicted molar refractivity (Wildman–Crippen MR) is 105 cm³/mol. The van der Waals surface area contributed by atoms with Crippen molar-refractivity contribution in [2.75, 3.05) is 13.7 Å². The van der Waals surface area contributed by atoms with E-state index in [1.807, 2.05) is 43.3 Å². The van der Waals surface area contributed by atoms with Crippen LogP contribution in [0.4, 0.5) is 0 Å². The lowest BCUT2D eigenvalue weighted by Gasteiger charge is -2.13. The van der Waals surface area contributed by atoms with Crippen molar-refractivity contribution in [3.63, 3.8) is 0 Å². The average Bonchev–Trinajstić information content (AvgIpc) is 3.04. The zero-order valence-corrected chi connectivity index (χ0v) is 16.2. The van der Waals surface area contributed by atoms with Crippen LogP contribution in [0.5, 0.6) is 17.2 Å². The van der Waals surface area contributed by atoms with Gasteiger partial charge in [-0.2, -0.15) is 0 Å². The van der Waals surface area contributed by atoms with Gasteiger partial charge in [-0.3, -0.25) is 4.79 Å². The molecule has 0 spiro atoms. The molecule has 1 N–H and O–H groups in total. The van der Waals surface area contributed by atoms with Gasteiger partial charge in [0.25, 0.3) is 0 Å². The van der Waals surface area contributed by atoms with Crippen LogP contribution in [-0.4, -0.2) is 25.7 Å². The quantitative estimate of drug-likeness (QED) is 0.771. The summed E-state index contributed by atoms with van der Waals surface area (Å²) in [7, 11) is 1.64. The van der Waals surface area contributed by atoms with Crippen LogP contribution in [0.1, 0.15) is 37.0 Å². The number of hydrogen-bond donors (Lipinski definition) is 1. The molecule has 1 atom stereocenters. The first kappa shape index (κ1) is 19.1. The molecular weight excluding hydrogens is 342 g/mol. The van der Waals surface area contributed by atoms with Crippen molar-refractivity contribution in [2.45, 2.75) is 45.8 Å². The highest BCUT2D eigenvalue weighted by Gasteiger charge is 2.22. The first-order valence-electron chi connectivity index (χ1n) is 9.44. The van der Waals surface area contributed by atoms with E-state index >= 15 is 0 Å². The zero-order valence-electron chi connectivity index (χ0n) is 16.2. The first-order valence-corrected chi connectivity index (χ1v) is 9.44. The van der Waals surface area contributed by atoms with Crippen molar-refractivity contribution >= 4 is 5.91 Å². The van der Waals surface area contributed by atoms with Crippen molar-refractivity contribution < 1.29 is 19.0 Å². The van der Waals surface area contributed by atoms with Gasteiger partial charge in [-0.1, -0.05) is 12.1 Å². The summed E-state index contributed by atoms with van der Waals surface area (Å²) in [6.45, 7) is 5.04. The summed E-state index contributed by atoms with van der Waals surface area (Å²) in [5, 5.41) is 2.99. The number of aryl methyl sites for hydroxylation is 1. The van der Waals surface area contributed by atoms with E-state index in [1.165, 1.54) is 5.56 Å². The van der Waals surface area contributed by atoms with Crippen molar-refractivity contribution in [2.24, 2.45) is 0 Å². The number of benzene rings is 2. The molecule has 1 aliphatic rings. The van der Waals surface area contributed by atoms with Crippen LogP contribution in [0.3, 0.4) is 0 Å². The second-order valence-electron chi connectivity index (χ2n) is 6.76. The van der Waals surface area contributed by atoms with Gasteiger partial charge >= 0.3 is 0 Å². The molecule has 0 saturated carbocycles. The number of carbonyl (C=O) groups is 1. The summed E-state index contributed by atoms with van der Waals surface area (Å²) in [5.74, 6) is 2.56. The van der Waals surface area contributed by atoms with Crippen molar-refractivity contribution in [3.8, 4) is 17.2 Å². The summed E-state index contributed by atoms with van der Waals surface area (Å²) >= 11 is 0. The highest BCUT2D eigenvalue weighted by Crippen LogP contribution is 2.35. The fraction of sp³-hybridized carbons (Fsp3) is 0.409. The fourth-order valence-corrected chi connectivity index (χ4v) is 3.24. The minimum atomic E-state index is 0.0167. The standard InChI is InChI=1S/C22H27NO4/c1-4-26-20-12-17-11-15(2)27-21(17)13-18(20)14-23-22(24)10-7-16-5-8-19(25-3)9-6-16/h5-6,8-9,12-13,15H,4,7,10-11,14H2,1-3H3,(H,23,24)/t15-/m1/s1. The average molecular weight is 369 g/mol. The number of carbonyl (C=O) groups excluding carboxylic acids is 1. The highest BCUT2D eigenvalue weighted by atomic mass is 16.5. The molecule has 3 rings (SSSR count). The van der Waals surface area contributed by atoms with Gasteiger partial charge < -0.3 is 19.5 Å². The molecule has 2 aromatic carbocycles. The van der Waals surface area contributed by atoms with Crippen molar-refractivity contribution in [1.29, 1.82) is 0 Å². The van der Waals surface area contributed by atoms with E-state index in [1.54, 1.807) is 7.11 Å². The lowest BCUT2D eigenvalue weighted by Crippen LogP contribution is -2.23. The second-order valence-corrected chi connectivity index (χ2v) is 6.76. The van der Waals surface area contributed by atoms with E-state index < -0.39 is 0 Å². The van der Waals surface area contributed by atoms with Crippen LogP contribution in [-0.2, 0) is 24.2 Å². The van der Waals surface area contributed by atoms with Gasteiger partial charge in [-0.05, 0) is 50.1 Å². The normalized spacial score (nSPS) is 15.0. The molecule has 1 amide bonds. The first-order chi connectivity index (χ1) is 13.1. The Balaban J connectivity index is 1.57. The predicted octanol–water partition coefficient (Wildman–Crippen LogP) is 3.67. The Morgan fingerprint density at radius 3 is 2.74 bits per heavy atom. The number of hydrogen-bond acceptors (Lipinski definition) is 4. The smallest absolute Gasteiger partial charge is 0.220 e. The SMILES string of the molecule is CCOc1cc2c(cc1CNC(=O)CCc1ccc(OC)cc1)O[C@H](C)C2. The van der Waals surface area contributed by atoms with E-state index in [9.17, 15) is 4.79 Å². The summed E-state index contributed by atoms with van der Waals surface area (Å²) < 4.78 is 16.7. The third-order valence-corrected chi connectivity index (χ3v) is 4.65. The summed E-state index contributed by atoms with van der Waals surface area (Å²) in [4.78, 5) is 12.3. The topological polar surface area (TPSA) is 56.8 Å². The molecular formula is C22H27NO4. The van der Waals surface area contributed by atoms with Gasteiger partial charge in [0.15, 0.2) is 0 Å². The lowest BCUT2D eigenvalue weighted by molar-refractivity contribution is -0.121. The number of ether oxygens (including phenoxy) is 3. The van der Waals surface area contributed by atoms with Gasteiger partial charge in [-0.15, -0.1) is 0 Å². The summed E-state index contributed by atoms with van der Waals surface area (Å²) in [5.41, 5.74) is 3.23. The number of nitrogens with one attached hydrogen (secondary N) is 1. The third kappa shape index (κ3) is 4.94. The Labute approximate surface area is 160 Å². The third-order valence-electron chi connectivity index (χ3n) is 4.65. The van der Waals surface area contributed by atoms with E-state index in [4.69, 9.17) is 14.2 Å². The van der Waals surface area contributed by atoms with E-state index in [2.05, 4.69) is 12.2 Å². The zero-order chi connectivity index (χ0) is 19.2. The molecule has 5 nitrogen and oxygen atoms in total. The molecule has 0 unspecified atom stereocenters. The van der Waals surface area contributed by atoms with Gasteiger partial charge in [0.1, 0.15) is 23.4 Å². The highest BCUT2D eigenvalue weighted by molar-refractivity contribution is 5.76. The van der Waals surface area contributed by atoms with Crippen molar-refractivity contribution in [1.82, 2.24) is 5.32 Å². The molecule has 0 aliphatic carbocycles. The molecule has 1 heterocycles. The summed E-state index contributed by atoms with van der Waals surface area (Å²) in [6.07, 6.45) is 2.21. The second kappa shape index (κ2) is 8.80. The minimum Gasteiger partial charge on any atom is -0.497 e. The Bertz CT molecular complexity index is 786. The molecule has 144 valence electrons. The maximum Gasteiger partial charge on any atom is 0.220 e. The van der Waals surface area contributed by atoms with Crippen LogP contribution in [0, 0.1) is 0 Å². The van der Waals surface area contributed by atoms with Gasteiger partial charge in [-0.25, -0.2) is 0 Å². The maximum absolute atomic E-state index is 12.3. The Kier molecular flexibility index (Phi) is 6.22. The molecule has 1 aliphatic heterocycles. The van der Waals surface area contributed by atoms with Gasteiger partial charge in [0.2, 0.25) is 5.91 Å². The molecule has 0 fully saturated rings. The molecule has 0 saturated heterocycles. The van der Waals surface area contributed by atoms with Crippen LogP contribution < -0.4 is 19.5 Å². The number of amides is 1. The summed E-state index contributed by atoms with van der Waals surface area (Å²) in [6, 6.07) is 11.8. The number of methoxy groups -OCH3 is 1. The maximum atomic E-state index is 12.3. The minimum absolute atomic E-state index is 0.0167. The molecule has 0 aromatic heterocycles. The number of rotatable bonds is 8. The largest absolute Gasteiger partial charge is 0.497 e. The van der Waals surface area contributed by atoms with Crippen LogP contribution >= 0.6 is 0 Å². The van der Waals surface area contributed by atoms with Gasteiger partial charge in [0.05, 0.1) is 13.7 Å². The van der Waals surface area contributed by atoms with Crippen LogP contribution in [0.15, 0.2) is 36.4 Å².